The quantitative estimate of drug-likeness (QED) is 0.861. The molecule has 20 heavy (non-hydrogen) atoms. The molecule has 2 aromatic heterocycles. The number of rotatable bonds is 5. The van der Waals surface area contributed by atoms with Crippen molar-refractivity contribution < 1.29 is 9.90 Å². The summed E-state index contributed by atoms with van der Waals surface area (Å²) in [6, 6.07) is 0.316. The summed E-state index contributed by atoms with van der Waals surface area (Å²) >= 11 is 1.54. The number of hydrogen-bond donors (Lipinski definition) is 1. The Morgan fingerprint density at radius 3 is 2.80 bits per heavy atom. The topological polar surface area (TPSA) is 57.8 Å². The van der Waals surface area contributed by atoms with E-state index in [1.807, 2.05) is 23.0 Å². The van der Waals surface area contributed by atoms with Gasteiger partial charge in [0.05, 0.1) is 5.69 Å². The average Bonchev–Trinajstić information content (AvgIpc) is 2.94. The van der Waals surface area contributed by atoms with Crippen LogP contribution in [0, 0.1) is 5.92 Å². The molecule has 0 aliphatic carbocycles. The zero-order chi connectivity index (χ0) is 14.9. The fourth-order valence-corrected chi connectivity index (χ4v) is 2.71. The number of fused-ring (bicyclic) bond motifs is 1. The third kappa shape index (κ3) is 2.70. The number of imidazole rings is 1. The maximum atomic E-state index is 10.8. The van der Waals surface area contributed by atoms with E-state index >= 15 is 0 Å². The van der Waals surface area contributed by atoms with Gasteiger partial charge in [-0.1, -0.05) is 13.8 Å². The minimum Gasteiger partial charge on any atom is -0.478 e. The summed E-state index contributed by atoms with van der Waals surface area (Å²) in [6.45, 7) is 6.46. The lowest BCUT2D eigenvalue weighted by Crippen LogP contribution is -2.33. The lowest BCUT2D eigenvalue weighted by molar-refractivity contribution is -0.131. The Balaban J connectivity index is 2.49. The molecule has 1 atom stereocenters. The Bertz CT molecular complexity index is 642. The van der Waals surface area contributed by atoms with Gasteiger partial charge in [0.2, 0.25) is 0 Å². The Hall–Kier alpha value is -1.82. The van der Waals surface area contributed by atoms with Crippen LogP contribution in [0.2, 0.25) is 0 Å². The van der Waals surface area contributed by atoms with Crippen molar-refractivity contribution in [3.05, 3.63) is 23.3 Å². The maximum Gasteiger partial charge on any atom is 0.328 e. The number of carboxylic acid groups (broad SMARTS) is 1. The van der Waals surface area contributed by atoms with Crippen LogP contribution in [0.3, 0.4) is 0 Å². The molecule has 0 saturated carbocycles. The Labute approximate surface area is 122 Å². The van der Waals surface area contributed by atoms with E-state index in [0.717, 1.165) is 22.5 Å². The number of anilines is 1. The highest BCUT2D eigenvalue weighted by molar-refractivity contribution is 7.15. The van der Waals surface area contributed by atoms with E-state index in [0.29, 0.717) is 12.0 Å². The average molecular weight is 293 g/mol. The van der Waals surface area contributed by atoms with E-state index < -0.39 is 5.97 Å². The molecule has 0 amide bonds. The molecule has 0 aliphatic heterocycles. The van der Waals surface area contributed by atoms with Crippen LogP contribution in [0.1, 0.15) is 26.5 Å². The lowest BCUT2D eigenvalue weighted by atomic mass is 10.1. The van der Waals surface area contributed by atoms with E-state index in [4.69, 9.17) is 5.11 Å². The number of hydrogen-bond acceptors (Lipinski definition) is 4. The van der Waals surface area contributed by atoms with E-state index in [9.17, 15) is 4.79 Å². The minimum atomic E-state index is -0.958. The Morgan fingerprint density at radius 1 is 1.50 bits per heavy atom. The van der Waals surface area contributed by atoms with Crippen molar-refractivity contribution in [1.29, 1.82) is 0 Å². The third-order valence-corrected chi connectivity index (χ3v) is 4.33. The third-order valence-electron chi connectivity index (χ3n) is 3.57. The number of carbonyl (C=O) groups is 1. The van der Waals surface area contributed by atoms with Gasteiger partial charge in [0, 0.05) is 30.7 Å². The molecule has 108 valence electrons. The van der Waals surface area contributed by atoms with Crippen molar-refractivity contribution >= 4 is 34.2 Å². The van der Waals surface area contributed by atoms with Gasteiger partial charge in [0.1, 0.15) is 0 Å². The number of aliphatic carboxylic acids is 1. The largest absolute Gasteiger partial charge is 0.478 e. The van der Waals surface area contributed by atoms with Gasteiger partial charge in [-0.3, -0.25) is 4.40 Å². The summed E-state index contributed by atoms with van der Waals surface area (Å²) in [4.78, 5) is 18.4. The zero-order valence-electron chi connectivity index (χ0n) is 12.1. The number of thiazole rings is 1. The zero-order valence-corrected chi connectivity index (χ0v) is 12.9. The van der Waals surface area contributed by atoms with Gasteiger partial charge >= 0.3 is 5.97 Å². The Morgan fingerprint density at radius 2 is 2.20 bits per heavy atom. The van der Waals surface area contributed by atoms with Crippen LogP contribution in [0.15, 0.2) is 17.7 Å². The molecule has 6 heteroatoms. The molecule has 0 aliphatic rings. The molecule has 0 radical (unpaired) electrons. The van der Waals surface area contributed by atoms with Crippen LogP contribution in [0.4, 0.5) is 5.82 Å². The second kappa shape index (κ2) is 5.66. The fraction of sp³-hybridized carbons (Fsp3) is 0.429. The summed E-state index contributed by atoms with van der Waals surface area (Å²) in [5, 5.41) is 10.8. The number of nitrogens with zero attached hydrogens (tertiary/aromatic N) is 3. The van der Waals surface area contributed by atoms with E-state index in [1.165, 1.54) is 11.3 Å². The van der Waals surface area contributed by atoms with Gasteiger partial charge in [-0.2, -0.15) is 0 Å². The normalized spacial score (nSPS) is 13.4. The van der Waals surface area contributed by atoms with Crippen LogP contribution in [0.5, 0.6) is 0 Å². The second-order valence-corrected chi connectivity index (χ2v) is 6.02. The van der Waals surface area contributed by atoms with Gasteiger partial charge in [0.25, 0.3) is 0 Å². The van der Waals surface area contributed by atoms with Crippen molar-refractivity contribution in [2.75, 3.05) is 11.9 Å². The fourth-order valence-electron chi connectivity index (χ4n) is 2.00. The molecule has 1 N–H and O–H groups in total. The first-order valence-corrected chi connectivity index (χ1v) is 7.39. The molecule has 2 aromatic rings. The first-order chi connectivity index (χ1) is 9.41. The van der Waals surface area contributed by atoms with Gasteiger partial charge in [0.15, 0.2) is 10.8 Å². The van der Waals surface area contributed by atoms with Crippen LogP contribution in [-0.2, 0) is 4.79 Å². The molecule has 2 rings (SSSR count). The summed E-state index contributed by atoms with van der Waals surface area (Å²) in [5.41, 5.74) is 0.804. The molecule has 1 unspecified atom stereocenters. The summed E-state index contributed by atoms with van der Waals surface area (Å²) in [6.07, 6.45) is 4.67. The summed E-state index contributed by atoms with van der Waals surface area (Å²) in [5.74, 6) is 0.340. The molecule has 0 aromatic carbocycles. The SMILES string of the molecule is CC(C)C(C)N(C)c1nc2sccn2c1/C=C/C(=O)O. The second-order valence-electron chi connectivity index (χ2n) is 5.14. The Kier molecular flexibility index (Phi) is 4.13. The highest BCUT2D eigenvalue weighted by Crippen LogP contribution is 2.27. The van der Waals surface area contributed by atoms with Crippen molar-refractivity contribution in [2.45, 2.75) is 26.8 Å². The first-order valence-electron chi connectivity index (χ1n) is 6.51. The molecule has 2 heterocycles. The van der Waals surface area contributed by atoms with Crippen molar-refractivity contribution in [3.8, 4) is 0 Å². The van der Waals surface area contributed by atoms with Gasteiger partial charge in [-0.25, -0.2) is 9.78 Å². The molecule has 0 fully saturated rings. The van der Waals surface area contributed by atoms with Gasteiger partial charge in [-0.15, -0.1) is 11.3 Å². The molecular weight excluding hydrogens is 274 g/mol. The summed E-state index contributed by atoms with van der Waals surface area (Å²) in [7, 11) is 2.00. The molecule has 0 bridgehead atoms. The van der Waals surface area contributed by atoms with Crippen LogP contribution in [0.25, 0.3) is 11.0 Å². The monoisotopic (exact) mass is 293 g/mol. The molecular formula is C14H19N3O2S. The minimum absolute atomic E-state index is 0.316. The van der Waals surface area contributed by atoms with Crippen LogP contribution >= 0.6 is 11.3 Å². The van der Waals surface area contributed by atoms with Crippen molar-refractivity contribution in [3.63, 3.8) is 0 Å². The molecule has 0 saturated heterocycles. The number of carboxylic acids is 1. The smallest absolute Gasteiger partial charge is 0.328 e. The van der Waals surface area contributed by atoms with Gasteiger partial charge < -0.3 is 10.0 Å². The predicted molar refractivity (Wildman–Crippen MR) is 82.4 cm³/mol. The summed E-state index contributed by atoms with van der Waals surface area (Å²) < 4.78 is 1.92. The predicted octanol–water partition coefficient (Wildman–Crippen LogP) is 2.97. The standard InChI is InChI=1S/C14H19N3O2S/c1-9(2)10(3)16(4)13-11(5-6-12(18)19)17-7-8-20-14(17)15-13/h5-10H,1-4H3,(H,18,19)/b6-5+. The van der Waals surface area contributed by atoms with Crippen LogP contribution in [-0.4, -0.2) is 33.6 Å². The van der Waals surface area contributed by atoms with E-state index in [1.54, 1.807) is 6.08 Å². The first kappa shape index (κ1) is 14.6. The van der Waals surface area contributed by atoms with Crippen molar-refractivity contribution in [1.82, 2.24) is 9.38 Å². The number of aromatic nitrogens is 2. The lowest BCUT2D eigenvalue weighted by Gasteiger charge is -2.28. The van der Waals surface area contributed by atoms with E-state index in [2.05, 4.69) is 30.7 Å². The van der Waals surface area contributed by atoms with Crippen molar-refractivity contribution in [2.24, 2.45) is 5.92 Å². The van der Waals surface area contributed by atoms with Crippen LogP contribution < -0.4 is 4.90 Å². The molecule has 0 spiro atoms. The maximum absolute atomic E-state index is 10.8. The van der Waals surface area contributed by atoms with Gasteiger partial charge in [-0.05, 0) is 18.9 Å². The van der Waals surface area contributed by atoms with E-state index in [-0.39, 0.29) is 0 Å². The highest BCUT2D eigenvalue weighted by atomic mass is 32.1. The highest BCUT2D eigenvalue weighted by Gasteiger charge is 2.20. The molecule has 5 nitrogen and oxygen atoms in total.